The van der Waals surface area contributed by atoms with Crippen LogP contribution >= 0.6 is 27.3 Å². The zero-order chi connectivity index (χ0) is 13.0. The van der Waals surface area contributed by atoms with Crippen molar-refractivity contribution in [2.24, 2.45) is 0 Å². The van der Waals surface area contributed by atoms with E-state index in [9.17, 15) is 0 Å². The second-order valence-corrected chi connectivity index (χ2v) is 5.96. The van der Waals surface area contributed by atoms with Gasteiger partial charge >= 0.3 is 0 Å². The van der Waals surface area contributed by atoms with Crippen molar-refractivity contribution in [3.05, 3.63) is 50.6 Å². The summed E-state index contributed by atoms with van der Waals surface area (Å²) in [5.74, 6) is 0.940. The molecular formula is C14H16BrNOS. The van der Waals surface area contributed by atoms with Crippen molar-refractivity contribution in [2.45, 2.75) is 13.1 Å². The molecule has 0 radical (unpaired) electrons. The van der Waals surface area contributed by atoms with Gasteiger partial charge in [-0.15, -0.1) is 0 Å². The predicted octanol–water partition coefficient (Wildman–Crippen LogP) is 4.15. The van der Waals surface area contributed by atoms with Gasteiger partial charge in [-0.05, 0) is 47.6 Å². The SMILES string of the molecule is COc1ccc(Br)cc1CN(C)Cc1ccsc1. The lowest BCUT2D eigenvalue weighted by atomic mass is 10.2. The van der Waals surface area contributed by atoms with Gasteiger partial charge in [0.15, 0.2) is 0 Å². The van der Waals surface area contributed by atoms with Crippen molar-refractivity contribution in [3.63, 3.8) is 0 Å². The van der Waals surface area contributed by atoms with E-state index in [0.29, 0.717) is 0 Å². The highest BCUT2D eigenvalue weighted by Crippen LogP contribution is 2.24. The fourth-order valence-corrected chi connectivity index (χ4v) is 2.98. The molecule has 2 rings (SSSR count). The fourth-order valence-electron chi connectivity index (χ4n) is 1.91. The molecule has 1 aromatic carbocycles. The molecule has 1 aromatic heterocycles. The van der Waals surface area contributed by atoms with Gasteiger partial charge in [0.05, 0.1) is 7.11 Å². The minimum atomic E-state index is 0.873. The number of hydrogen-bond donors (Lipinski definition) is 0. The van der Waals surface area contributed by atoms with Crippen molar-refractivity contribution in [2.75, 3.05) is 14.2 Å². The minimum absolute atomic E-state index is 0.873. The number of ether oxygens (including phenoxy) is 1. The molecule has 2 aromatic rings. The highest BCUT2D eigenvalue weighted by molar-refractivity contribution is 9.10. The molecule has 0 atom stereocenters. The van der Waals surface area contributed by atoms with E-state index < -0.39 is 0 Å². The van der Waals surface area contributed by atoms with Crippen molar-refractivity contribution >= 4 is 27.3 Å². The number of nitrogens with zero attached hydrogens (tertiary/aromatic N) is 1. The number of hydrogen-bond acceptors (Lipinski definition) is 3. The van der Waals surface area contributed by atoms with Gasteiger partial charge < -0.3 is 4.74 Å². The number of methoxy groups -OCH3 is 1. The Morgan fingerprint density at radius 2 is 2.11 bits per heavy atom. The van der Waals surface area contributed by atoms with Crippen LogP contribution in [0.5, 0.6) is 5.75 Å². The van der Waals surface area contributed by atoms with E-state index in [4.69, 9.17) is 4.74 Å². The largest absolute Gasteiger partial charge is 0.496 e. The van der Waals surface area contributed by atoms with Gasteiger partial charge in [0.25, 0.3) is 0 Å². The van der Waals surface area contributed by atoms with Crippen LogP contribution in [0, 0.1) is 0 Å². The summed E-state index contributed by atoms with van der Waals surface area (Å²) in [6.07, 6.45) is 0. The minimum Gasteiger partial charge on any atom is -0.496 e. The maximum atomic E-state index is 5.39. The molecule has 2 nitrogen and oxygen atoms in total. The Balaban J connectivity index is 2.06. The summed E-state index contributed by atoms with van der Waals surface area (Å²) in [6.45, 7) is 1.83. The first-order valence-electron chi connectivity index (χ1n) is 5.71. The fraction of sp³-hybridized carbons (Fsp3) is 0.286. The first-order valence-corrected chi connectivity index (χ1v) is 7.44. The number of thiophene rings is 1. The summed E-state index contributed by atoms with van der Waals surface area (Å²) in [4.78, 5) is 2.28. The molecule has 0 fully saturated rings. The first kappa shape index (κ1) is 13.6. The predicted molar refractivity (Wildman–Crippen MR) is 80.2 cm³/mol. The third-order valence-corrected chi connectivity index (χ3v) is 3.94. The van der Waals surface area contributed by atoms with Crippen LogP contribution in [0.15, 0.2) is 39.5 Å². The average molecular weight is 326 g/mol. The molecule has 1 heterocycles. The lowest BCUT2D eigenvalue weighted by Gasteiger charge is -2.18. The molecule has 0 saturated heterocycles. The van der Waals surface area contributed by atoms with Crippen molar-refractivity contribution in [1.82, 2.24) is 4.90 Å². The normalized spacial score (nSPS) is 10.9. The van der Waals surface area contributed by atoms with Crippen LogP contribution in [0.3, 0.4) is 0 Å². The molecular weight excluding hydrogens is 310 g/mol. The summed E-state index contributed by atoms with van der Waals surface area (Å²) >= 11 is 5.24. The molecule has 0 spiro atoms. The van der Waals surface area contributed by atoms with Crippen LogP contribution in [-0.4, -0.2) is 19.1 Å². The second-order valence-electron chi connectivity index (χ2n) is 4.26. The number of rotatable bonds is 5. The van der Waals surface area contributed by atoms with Crippen LogP contribution in [0.25, 0.3) is 0 Å². The van der Waals surface area contributed by atoms with Gasteiger partial charge in [-0.1, -0.05) is 15.9 Å². The number of halogens is 1. The van der Waals surface area contributed by atoms with E-state index in [0.717, 1.165) is 23.3 Å². The van der Waals surface area contributed by atoms with E-state index >= 15 is 0 Å². The highest BCUT2D eigenvalue weighted by atomic mass is 79.9. The van der Waals surface area contributed by atoms with Gasteiger partial charge in [-0.2, -0.15) is 11.3 Å². The monoisotopic (exact) mass is 325 g/mol. The van der Waals surface area contributed by atoms with Crippen molar-refractivity contribution in [1.29, 1.82) is 0 Å². The van der Waals surface area contributed by atoms with Crippen LogP contribution in [0.4, 0.5) is 0 Å². The van der Waals surface area contributed by atoms with Crippen LogP contribution in [-0.2, 0) is 13.1 Å². The zero-order valence-electron chi connectivity index (χ0n) is 10.5. The molecule has 0 unspecified atom stereocenters. The van der Waals surface area contributed by atoms with Crippen molar-refractivity contribution < 1.29 is 4.74 Å². The van der Waals surface area contributed by atoms with E-state index in [1.165, 1.54) is 11.1 Å². The van der Waals surface area contributed by atoms with Crippen LogP contribution in [0.2, 0.25) is 0 Å². The Bertz CT molecular complexity index is 499. The Labute approximate surface area is 120 Å². The smallest absolute Gasteiger partial charge is 0.123 e. The standard InChI is InChI=1S/C14H16BrNOS/c1-16(8-11-5-6-18-10-11)9-12-7-13(15)3-4-14(12)17-2/h3-7,10H,8-9H2,1-2H3. The van der Waals surface area contributed by atoms with Gasteiger partial charge in [-0.3, -0.25) is 4.90 Å². The average Bonchev–Trinajstić information content (AvgIpc) is 2.82. The quantitative estimate of drug-likeness (QED) is 0.818. The maximum Gasteiger partial charge on any atom is 0.123 e. The van der Waals surface area contributed by atoms with Crippen molar-refractivity contribution in [3.8, 4) is 5.75 Å². The Hall–Kier alpha value is -0.840. The second kappa shape index (κ2) is 6.36. The topological polar surface area (TPSA) is 12.5 Å². The molecule has 4 heteroatoms. The van der Waals surface area contributed by atoms with Gasteiger partial charge in [-0.25, -0.2) is 0 Å². The summed E-state index contributed by atoms with van der Waals surface area (Å²) in [5.41, 5.74) is 2.56. The third-order valence-electron chi connectivity index (χ3n) is 2.72. The van der Waals surface area contributed by atoms with Gasteiger partial charge in [0.1, 0.15) is 5.75 Å². The van der Waals surface area contributed by atoms with Crippen LogP contribution < -0.4 is 4.74 Å². The van der Waals surface area contributed by atoms with E-state index in [2.05, 4.69) is 50.8 Å². The van der Waals surface area contributed by atoms with Gasteiger partial charge in [0, 0.05) is 23.1 Å². The summed E-state index contributed by atoms with van der Waals surface area (Å²) in [6, 6.07) is 8.28. The van der Waals surface area contributed by atoms with Crippen LogP contribution in [0.1, 0.15) is 11.1 Å². The molecule has 0 saturated carbocycles. The molecule has 0 amide bonds. The number of benzene rings is 1. The first-order chi connectivity index (χ1) is 8.69. The van der Waals surface area contributed by atoms with E-state index in [-0.39, 0.29) is 0 Å². The Morgan fingerprint density at radius 3 is 2.78 bits per heavy atom. The van der Waals surface area contributed by atoms with E-state index in [1.807, 2.05) is 12.1 Å². The molecule has 18 heavy (non-hydrogen) atoms. The molecule has 0 bridgehead atoms. The third kappa shape index (κ3) is 3.57. The molecule has 0 N–H and O–H groups in total. The summed E-state index contributed by atoms with van der Waals surface area (Å²) in [5, 5.41) is 4.30. The van der Waals surface area contributed by atoms with Gasteiger partial charge in [0.2, 0.25) is 0 Å². The summed E-state index contributed by atoms with van der Waals surface area (Å²) in [7, 11) is 3.84. The maximum absolute atomic E-state index is 5.39. The Kier molecular flexibility index (Phi) is 4.80. The lowest BCUT2D eigenvalue weighted by molar-refractivity contribution is 0.310. The summed E-state index contributed by atoms with van der Waals surface area (Å²) < 4.78 is 6.48. The lowest BCUT2D eigenvalue weighted by Crippen LogP contribution is -2.17. The van der Waals surface area contributed by atoms with E-state index in [1.54, 1.807) is 18.4 Å². The molecule has 0 aliphatic carbocycles. The molecule has 96 valence electrons. The molecule has 0 aliphatic rings. The zero-order valence-corrected chi connectivity index (χ0v) is 12.9. The Morgan fingerprint density at radius 1 is 1.28 bits per heavy atom. The highest BCUT2D eigenvalue weighted by Gasteiger charge is 2.07. The molecule has 0 aliphatic heterocycles.